The summed E-state index contributed by atoms with van der Waals surface area (Å²) in [6.45, 7) is 3.86. The highest BCUT2D eigenvalue weighted by Crippen LogP contribution is 2.34. The Morgan fingerprint density at radius 2 is 1.68 bits per heavy atom. The van der Waals surface area contributed by atoms with Crippen LogP contribution in [-0.2, 0) is 22.4 Å². The van der Waals surface area contributed by atoms with Crippen molar-refractivity contribution in [2.24, 2.45) is 0 Å². The van der Waals surface area contributed by atoms with Crippen LogP contribution in [0.4, 0.5) is 0 Å². The fraction of sp³-hybridized carbons (Fsp3) is 0.333. The molecule has 3 aromatic carbocycles. The van der Waals surface area contributed by atoms with Crippen LogP contribution in [0.15, 0.2) is 78.4 Å². The minimum absolute atomic E-state index is 0.0105. The summed E-state index contributed by atoms with van der Waals surface area (Å²) in [5.74, 6) is 0.736. The predicted molar refractivity (Wildman–Crippen MR) is 164 cm³/mol. The van der Waals surface area contributed by atoms with Gasteiger partial charge in [0.1, 0.15) is 5.75 Å². The SMILES string of the molecule is CC(=O)N1C[C@H]2CC(c3ccc(CCOc4ccc(Cl)c(Cl)c4)cc3)=C(C(=O)N(C)CCc3ccccc3)[C@@H](C1)N2. The van der Waals surface area contributed by atoms with Crippen molar-refractivity contribution < 1.29 is 14.3 Å². The number of carbonyl (C=O) groups excluding carboxylic acids is 2. The summed E-state index contributed by atoms with van der Waals surface area (Å²) in [5.41, 5.74) is 5.21. The summed E-state index contributed by atoms with van der Waals surface area (Å²) in [7, 11) is 1.87. The molecule has 5 rings (SSSR count). The number of rotatable bonds is 9. The van der Waals surface area contributed by atoms with Gasteiger partial charge in [-0.25, -0.2) is 0 Å². The average Bonchev–Trinajstić information content (AvgIpc) is 2.98. The van der Waals surface area contributed by atoms with Gasteiger partial charge < -0.3 is 19.9 Å². The van der Waals surface area contributed by atoms with Gasteiger partial charge in [-0.2, -0.15) is 0 Å². The number of hydrogen-bond donors (Lipinski definition) is 1. The van der Waals surface area contributed by atoms with Gasteiger partial charge in [0.2, 0.25) is 5.91 Å². The zero-order valence-corrected chi connectivity index (χ0v) is 24.9. The van der Waals surface area contributed by atoms with Gasteiger partial charge in [0.05, 0.1) is 22.7 Å². The molecule has 6 nitrogen and oxygen atoms in total. The van der Waals surface area contributed by atoms with E-state index in [1.54, 1.807) is 25.1 Å². The highest BCUT2D eigenvalue weighted by atomic mass is 35.5. The minimum atomic E-state index is -0.202. The Morgan fingerprint density at radius 3 is 2.39 bits per heavy atom. The highest BCUT2D eigenvalue weighted by molar-refractivity contribution is 6.42. The van der Waals surface area contributed by atoms with E-state index in [1.165, 1.54) is 5.56 Å². The third-order valence-corrected chi connectivity index (χ3v) is 8.60. The number of hydrogen-bond acceptors (Lipinski definition) is 4. The molecule has 3 aromatic rings. The second kappa shape index (κ2) is 13.1. The van der Waals surface area contributed by atoms with Crippen LogP contribution < -0.4 is 10.1 Å². The second-order valence-corrected chi connectivity index (χ2v) is 11.6. The van der Waals surface area contributed by atoms with E-state index in [1.807, 2.05) is 35.0 Å². The fourth-order valence-electron chi connectivity index (χ4n) is 5.60. The third-order valence-electron chi connectivity index (χ3n) is 7.86. The first kappa shape index (κ1) is 29.2. The van der Waals surface area contributed by atoms with Gasteiger partial charge >= 0.3 is 0 Å². The molecule has 2 atom stereocenters. The normalized spacial score (nSPS) is 18.3. The summed E-state index contributed by atoms with van der Waals surface area (Å²) in [4.78, 5) is 29.9. The van der Waals surface area contributed by atoms with Gasteiger partial charge in [-0.1, -0.05) is 77.8 Å². The van der Waals surface area contributed by atoms with Crippen LogP contribution in [-0.4, -0.2) is 67.0 Å². The molecule has 2 aliphatic rings. The van der Waals surface area contributed by atoms with Crippen molar-refractivity contribution in [3.05, 3.63) is 105 Å². The van der Waals surface area contributed by atoms with Gasteiger partial charge in [0.25, 0.3) is 5.91 Å². The molecule has 2 bridgehead atoms. The molecule has 0 unspecified atom stereocenters. The van der Waals surface area contributed by atoms with Crippen molar-refractivity contribution in [2.75, 3.05) is 33.3 Å². The van der Waals surface area contributed by atoms with E-state index >= 15 is 0 Å². The lowest BCUT2D eigenvalue weighted by atomic mass is 9.82. The smallest absolute Gasteiger partial charge is 0.251 e. The van der Waals surface area contributed by atoms with Crippen molar-refractivity contribution in [3.63, 3.8) is 0 Å². The second-order valence-electron chi connectivity index (χ2n) is 10.8. The van der Waals surface area contributed by atoms with Crippen molar-refractivity contribution >= 4 is 40.6 Å². The average molecular weight is 593 g/mol. The Morgan fingerprint density at radius 1 is 0.951 bits per heavy atom. The van der Waals surface area contributed by atoms with Gasteiger partial charge in [0, 0.05) is 57.7 Å². The summed E-state index contributed by atoms with van der Waals surface area (Å²) in [6, 6.07) is 23.8. The molecular weight excluding hydrogens is 557 g/mol. The van der Waals surface area contributed by atoms with E-state index in [0.717, 1.165) is 35.1 Å². The lowest BCUT2D eigenvalue weighted by molar-refractivity contribution is -0.132. The van der Waals surface area contributed by atoms with Gasteiger partial charge in [0.15, 0.2) is 0 Å². The number of likely N-dealkylation sites (N-methyl/N-ethyl adjacent to an activating group) is 1. The number of benzene rings is 3. The molecule has 2 heterocycles. The van der Waals surface area contributed by atoms with Crippen LogP contribution in [0.25, 0.3) is 5.57 Å². The first-order valence-corrected chi connectivity index (χ1v) is 14.7. The molecule has 1 saturated heterocycles. The number of nitrogens with zero attached hydrogens (tertiary/aromatic N) is 2. The van der Waals surface area contributed by atoms with Crippen LogP contribution in [0.1, 0.15) is 30.0 Å². The maximum atomic E-state index is 14.0. The van der Waals surface area contributed by atoms with Crippen molar-refractivity contribution in [3.8, 4) is 5.75 Å². The van der Waals surface area contributed by atoms with Crippen LogP contribution in [0.3, 0.4) is 0 Å². The maximum Gasteiger partial charge on any atom is 0.251 e. The summed E-state index contributed by atoms with van der Waals surface area (Å²) in [5, 5.41) is 4.59. The van der Waals surface area contributed by atoms with E-state index in [-0.39, 0.29) is 23.9 Å². The fourth-order valence-corrected chi connectivity index (χ4v) is 5.89. The first-order chi connectivity index (χ1) is 19.8. The molecule has 1 N–H and O–H groups in total. The molecule has 214 valence electrons. The summed E-state index contributed by atoms with van der Waals surface area (Å²) < 4.78 is 5.86. The van der Waals surface area contributed by atoms with Crippen molar-refractivity contribution in [1.82, 2.24) is 15.1 Å². The Bertz CT molecular complexity index is 1430. The Balaban J connectivity index is 1.33. The van der Waals surface area contributed by atoms with Crippen molar-refractivity contribution in [1.29, 1.82) is 0 Å². The standard InChI is InChI=1S/C33H35Cl2N3O3/c1-22(39)38-20-26-18-28(25-10-8-24(9-11-25)15-17-41-27-12-13-29(34)30(35)19-27)32(31(21-38)36-26)33(40)37(2)16-14-23-6-4-3-5-7-23/h3-13,19,26,31,36H,14-18,20-21H2,1-2H3/t26-,31-/m1/s1. The summed E-state index contributed by atoms with van der Waals surface area (Å²) in [6.07, 6.45) is 2.20. The molecule has 2 amide bonds. The monoisotopic (exact) mass is 591 g/mol. The maximum absolute atomic E-state index is 14.0. The van der Waals surface area contributed by atoms with Gasteiger partial charge in [-0.3, -0.25) is 9.59 Å². The van der Waals surface area contributed by atoms with Gasteiger partial charge in [-0.15, -0.1) is 0 Å². The molecule has 0 spiro atoms. The molecule has 41 heavy (non-hydrogen) atoms. The zero-order chi connectivity index (χ0) is 28.9. The lowest BCUT2D eigenvalue weighted by Crippen LogP contribution is -2.61. The molecule has 0 saturated carbocycles. The largest absolute Gasteiger partial charge is 0.493 e. The molecular formula is C33H35Cl2N3O3. The van der Waals surface area contributed by atoms with E-state index in [0.29, 0.717) is 48.5 Å². The molecule has 0 aromatic heterocycles. The van der Waals surface area contributed by atoms with Crippen molar-refractivity contribution in [2.45, 2.75) is 38.3 Å². The van der Waals surface area contributed by atoms with E-state index in [2.05, 4.69) is 41.7 Å². The Labute approximate surface area is 251 Å². The molecule has 1 fully saturated rings. The van der Waals surface area contributed by atoms with Crippen LogP contribution in [0.5, 0.6) is 5.75 Å². The van der Waals surface area contributed by atoms with E-state index < -0.39 is 0 Å². The van der Waals surface area contributed by atoms with E-state index in [4.69, 9.17) is 27.9 Å². The van der Waals surface area contributed by atoms with E-state index in [9.17, 15) is 9.59 Å². The quantitative estimate of drug-likeness (QED) is 0.349. The van der Waals surface area contributed by atoms with Gasteiger partial charge in [-0.05, 0) is 47.2 Å². The number of halogens is 2. The predicted octanol–water partition coefficient (Wildman–Crippen LogP) is 5.66. The van der Waals surface area contributed by atoms with Crippen LogP contribution in [0.2, 0.25) is 10.0 Å². The Kier molecular flexibility index (Phi) is 9.33. The lowest BCUT2D eigenvalue weighted by Gasteiger charge is -2.44. The molecule has 0 radical (unpaired) electrons. The molecule has 8 heteroatoms. The minimum Gasteiger partial charge on any atom is -0.493 e. The topological polar surface area (TPSA) is 61.9 Å². The molecule has 2 aliphatic heterocycles. The number of ether oxygens (including phenoxy) is 1. The number of carbonyl (C=O) groups is 2. The number of fused-ring (bicyclic) bond motifs is 2. The molecule has 0 aliphatic carbocycles. The van der Waals surface area contributed by atoms with Crippen LogP contribution in [0, 0.1) is 0 Å². The number of nitrogens with one attached hydrogen (secondary N) is 1. The highest BCUT2D eigenvalue weighted by Gasteiger charge is 2.39. The van der Waals surface area contributed by atoms with Crippen LogP contribution >= 0.6 is 23.2 Å². The first-order valence-electron chi connectivity index (χ1n) is 14.0. The number of amides is 2. The summed E-state index contributed by atoms with van der Waals surface area (Å²) >= 11 is 12.1. The third kappa shape index (κ3) is 7.13. The number of piperazine rings is 1. The zero-order valence-electron chi connectivity index (χ0n) is 23.4. The Hall–Kier alpha value is -3.32.